The second-order valence-electron chi connectivity index (χ2n) is 20.8. The minimum atomic E-state index is -1.95. The van der Waals surface area contributed by atoms with Gasteiger partial charge in [-0.25, -0.2) is 0 Å². The van der Waals surface area contributed by atoms with Gasteiger partial charge in [0, 0.05) is 119 Å². The lowest BCUT2D eigenvalue weighted by atomic mass is 9.82. The highest BCUT2D eigenvalue weighted by Crippen LogP contribution is 2.50. The average Bonchev–Trinajstić information content (AvgIpc) is 3.85. The van der Waals surface area contributed by atoms with Crippen LogP contribution in [-0.2, 0) is 30.4 Å². The number of phenols is 1. The summed E-state index contributed by atoms with van der Waals surface area (Å²) in [7, 11) is 0. The number of pyridine rings is 1. The zero-order valence-corrected chi connectivity index (χ0v) is 42.4. The second-order valence-corrected chi connectivity index (χ2v) is 20.8. The van der Waals surface area contributed by atoms with Crippen molar-refractivity contribution in [3.8, 4) is 11.5 Å². The molecular formula is C54H69N7O11. The van der Waals surface area contributed by atoms with E-state index in [4.69, 9.17) is 19.2 Å². The number of aromatic hydroxyl groups is 1. The molecule has 2 unspecified atom stereocenters. The number of amides is 2. The highest BCUT2D eigenvalue weighted by Gasteiger charge is 2.54. The number of Topliss-reactive ketones (excluding diaryl/α,β-unsaturated/α-hetero) is 2. The van der Waals surface area contributed by atoms with Crippen molar-refractivity contribution in [2.24, 2.45) is 22.7 Å². The third kappa shape index (κ3) is 10.9. The van der Waals surface area contributed by atoms with Crippen LogP contribution in [-0.4, -0.2) is 146 Å². The first-order valence-electron chi connectivity index (χ1n) is 25.3. The number of esters is 1. The van der Waals surface area contributed by atoms with Gasteiger partial charge in [-0.05, 0) is 56.4 Å². The summed E-state index contributed by atoms with van der Waals surface area (Å²) >= 11 is 0. The molecule has 1 aromatic heterocycles. The number of aliphatic imine (C=N–C) groups is 1. The fourth-order valence-corrected chi connectivity index (χ4v) is 10.4. The number of ether oxygens (including phenoxy) is 3. The van der Waals surface area contributed by atoms with Crippen LogP contribution in [0, 0.1) is 24.7 Å². The summed E-state index contributed by atoms with van der Waals surface area (Å²) in [5.41, 5.74) is 0.901. The Morgan fingerprint density at radius 3 is 2.36 bits per heavy atom. The number of hydrogen-bond acceptors (Lipinski definition) is 16. The first kappa shape index (κ1) is 52.1. The Labute approximate surface area is 420 Å². The first-order valence-corrected chi connectivity index (χ1v) is 25.3. The van der Waals surface area contributed by atoms with Crippen LogP contribution in [0.3, 0.4) is 0 Å². The van der Waals surface area contributed by atoms with Crippen molar-refractivity contribution in [2.75, 3.05) is 45.8 Å². The van der Waals surface area contributed by atoms with E-state index in [1.165, 1.54) is 20.1 Å². The summed E-state index contributed by atoms with van der Waals surface area (Å²) in [5.74, 6) is -6.12. The highest BCUT2D eigenvalue weighted by atomic mass is 16.7. The molecule has 1 spiro atoms. The normalized spacial score (nSPS) is 28.8. The lowest BCUT2D eigenvalue weighted by molar-refractivity contribution is -0.155. The molecule has 2 fully saturated rings. The van der Waals surface area contributed by atoms with E-state index < -0.39 is 77.2 Å². The number of allylic oxidation sites excluding steroid dienone is 5. The molecule has 7 heterocycles. The standard InChI is InChI=1S/C54H69N7O11/c1-31(2)29-59-20-16-54(17-21-59)57-44-41-42-48(66)35(6)50-43(41)51(68)53(7,72-50)70-26-9-8-13-37(71-40(64)28-39(63)61-24-22-60(23-25-61)30-36-14-18-55-19-15-36)27-38(62)34(5)47(65)32(3)11-10-12-33(4)52(69)56-46(49(42)67)45(44)58-54/h9-12,14-15,18-19,26,31-32,34,37-38,47,58,62,65-66H,8,13,16-17,20-25,27-30H2,1-7H3,(H,56,69)/b11-10+,26-9+,33-12-/t32-,34-,37?,38?,47-,53-/m0/s1. The van der Waals surface area contributed by atoms with Crippen molar-refractivity contribution in [1.82, 2.24) is 30.3 Å². The fraction of sp³-hybridized carbons (Fsp3) is 0.537. The zero-order valence-electron chi connectivity index (χ0n) is 42.4. The van der Waals surface area contributed by atoms with Gasteiger partial charge in [0.1, 0.15) is 35.4 Å². The molecule has 5 N–H and O–H groups in total. The molecule has 9 rings (SSSR count). The Bertz CT molecular complexity index is 2610. The van der Waals surface area contributed by atoms with E-state index in [9.17, 15) is 39.3 Å². The van der Waals surface area contributed by atoms with Gasteiger partial charge in [-0.3, -0.25) is 38.8 Å². The third-order valence-electron chi connectivity index (χ3n) is 14.8. The van der Waals surface area contributed by atoms with Crippen molar-refractivity contribution >= 4 is 35.1 Å². The maximum absolute atomic E-state index is 14.8. The predicted molar refractivity (Wildman–Crippen MR) is 267 cm³/mol. The summed E-state index contributed by atoms with van der Waals surface area (Å²) in [6, 6.07) is 3.91. The van der Waals surface area contributed by atoms with Crippen LogP contribution in [0.1, 0.15) is 117 Å². The molecule has 1 aromatic carbocycles. The SMILES string of the molecule is C/C1=C/C=C/[C@H](C)[C@H](O)[C@@H](C)C(O)CC(OC(=O)CC(=O)N2CCN(Cc3ccncc3)CC2)CC/C=C/O[C@@]2(C)Oc3c(C)c(O)c4c(c3C2=O)C2=NC3(CCN(CC(C)C)CC3)NC2=C(NC1=O)C4=O. The Morgan fingerprint density at radius 2 is 1.67 bits per heavy atom. The molecule has 6 aliphatic heterocycles. The first-order chi connectivity index (χ1) is 34.3. The number of nitrogens with one attached hydrogen (secondary N) is 2. The number of aromatic nitrogens is 1. The number of carbonyl (C=O) groups is 5. The summed E-state index contributed by atoms with van der Waals surface area (Å²) in [4.78, 5) is 85.8. The monoisotopic (exact) mass is 992 g/mol. The van der Waals surface area contributed by atoms with Gasteiger partial charge in [0.25, 0.3) is 11.7 Å². The van der Waals surface area contributed by atoms with Crippen LogP contribution >= 0.6 is 0 Å². The number of aliphatic hydroxyl groups is 2. The average molecular weight is 992 g/mol. The van der Waals surface area contributed by atoms with Crippen LogP contribution in [0.2, 0.25) is 0 Å². The molecule has 1 aliphatic carbocycles. The van der Waals surface area contributed by atoms with Crippen molar-refractivity contribution < 1.29 is 53.5 Å². The predicted octanol–water partition coefficient (Wildman–Crippen LogP) is 4.61. The summed E-state index contributed by atoms with van der Waals surface area (Å²) < 4.78 is 18.3. The van der Waals surface area contributed by atoms with Crippen molar-refractivity contribution in [3.05, 3.63) is 99.9 Å². The molecule has 0 saturated carbocycles. The number of phenolic OH excluding ortho intramolecular Hbond substituents is 1. The van der Waals surface area contributed by atoms with Gasteiger partial charge >= 0.3 is 11.8 Å². The topological polar surface area (TPSA) is 233 Å². The van der Waals surface area contributed by atoms with Gasteiger partial charge in [-0.15, -0.1) is 0 Å². The summed E-state index contributed by atoms with van der Waals surface area (Å²) in [5, 5.41) is 41.1. The number of aliphatic hydroxyl groups excluding tert-OH is 2. The molecule has 18 heteroatoms. The minimum absolute atomic E-state index is 0.0192. The highest BCUT2D eigenvalue weighted by molar-refractivity contribution is 6.34. The van der Waals surface area contributed by atoms with Crippen LogP contribution in [0.4, 0.5) is 0 Å². The molecular weight excluding hydrogens is 923 g/mol. The quantitative estimate of drug-likeness (QED) is 0.188. The molecule has 6 atom stereocenters. The summed E-state index contributed by atoms with van der Waals surface area (Å²) in [6.07, 6.45) is 9.24. The molecule has 2 saturated heterocycles. The minimum Gasteiger partial charge on any atom is -0.507 e. The Hall–Kier alpha value is -6.21. The van der Waals surface area contributed by atoms with Crippen LogP contribution < -0.4 is 15.4 Å². The van der Waals surface area contributed by atoms with Gasteiger partial charge in [0.2, 0.25) is 11.7 Å². The number of rotatable bonds is 7. The van der Waals surface area contributed by atoms with Crippen LogP contribution in [0.15, 0.2) is 77.1 Å². The van der Waals surface area contributed by atoms with E-state index in [1.54, 1.807) is 62.4 Å². The molecule has 18 nitrogen and oxygen atoms in total. The van der Waals surface area contributed by atoms with E-state index in [0.29, 0.717) is 58.0 Å². The number of piperazine rings is 1. The Balaban J connectivity index is 1.05. The maximum Gasteiger partial charge on any atom is 0.315 e. The molecule has 2 aromatic rings. The zero-order chi connectivity index (χ0) is 51.6. The number of benzene rings is 1. The number of likely N-dealkylation sites (tertiary alicyclic amines) is 1. The molecule has 72 heavy (non-hydrogen) atoms. The molecule has 386 valence electrons. The van der Waals surface area contributed by atoms with Crippen molar-refractivity contribution in [3.63, 3.8) is 0 Å². The Kier molecular flexibility index (Phi) is 15.5. The molecule has 5 bridgehead atoms. The number of carbonyl (C=O) groups excluding carboxylic acids is 5. The lowest BCUT2D eigenvalue weighted by Gasteiger charge is -2.38. The second kappa shape index (κ2) is 21.5. The van der Waals surface area contributed by atoms with Crippen molar-refractivity contribution in [1.29, 1.82) is 0 Å². The van der Waals surface area contributed by atoms with E-state index in [2.05, 4.69) is 39.3 Å². The van der Waals surface area contributed by atoms with Gasteiger partial charge in [-0.2, -0.15) is 0 Å². The molecule has 2 amide bonds. The van der Waals surface area contributed by atoms with E-state index in [-0.39, 0.29) is 75.9 Å². The van der Waals surface area contributed by atoms with Gasteiger partial charge < -0.3 is 50.0 Å². The molecule has 7 aliphatic rings. The van der Waals surface area contributed by atoms with E-state index in [1.807, 2.05) is 12.1 Å². The fourth-order valence-electron chi connectivity index (χ4n) is 10.4. The maximum atomic E-state index is 14.8. The van der Waals surface area contributed by atoms with E-state index >= 15 is 0 Å². The third-order valence-corrected chi connectivity index (χ3v) is 14.8. The van der Waals surface area contributed by atoms with Crippen LogP contribution in [0.5, 0.6) is 11.5 Å². The largest absolute Gasteiger partial charge is 0.507 e. The summed E-state index contributed by atoms with van der Waals surface area (Å²) in [6.45, 7) is 17.6. The van der Waals surface area contributed by atoms with Crippen LogP contribution in [0.25, 0.3) is 0 Å². The van der Waals surface area contributed by atoms with Gasteiger partial charge in [0.15, 0.2) is 0 Å². The number of fused-ring (bicyclic) bond motifs is 13. The number of ketones is 2. The van der Waals surface area contributed by atoms with Crippen molar-refractivity contribution in [2.45, 2.75) is 123 Å². The number of nitrogens with zero attached hydrogens (tertiary/aromatic N) is 5. The van der Waals surface area contributed by atoms with Gasteiger partial charge in [0.05, 0.1) is 41.0 Å². The van der Waals surface area contributed by atoms with E-state index in [0.717, 1.165) is 18.7 Å². The smallest absolute Gasteiger partial charge is 0.315 e. The van der Waals surface area contributed by atoms with Gasteiger partial charge in [-0.1, -0.05) is 45.9 Å². The number of hydrogen-bond donors (Lipinski definition) is 5. The molecule has 0 radical (unpaired) electrons. The number of piperidine rings is 1. The lowest BCUT2D eigenvalue weighted by Crippen LogP contribution is -2.50. The Morgan fingerprint density at radius 1 is 0.958 bits per heavy atom.